The van der Waals surface area contributed by atoms with E-state index in [2.05, 4.69) is 63.1 Å². The Bertz CT molecular complexity index is 968. The van der Waals surface area contributed by atoms with Gasteiger partial charge in [0.25, 0.3) is 0 Å². The van der Waals surface area contributed by atoms with E-state index in [9.17, 15) is 0 Å². The molecule has 0 bridgehead atoms. The van der Waals surface area contributed by atoms with E-state index in [1.165, 1.54) is 16.5 Å². The van der Waals surface area contributed by atoms with Crippen LogP contribution in [0.25, 0.3) is 22.2 Å². The second-order valence-corrected chi connectivity index (χ2v) is 6.14. The molecule has 0 aliphatic rings. The van der Waals surface area contributed by atoms with Gasteiger partial charge in [-0.1, -0.05) is 48.5 Å². The van der Waals surface area contributed by atoms with Crippen molar-refractivity contribution in [2.24, 2.45) is 7.05 Å². The number of aromatic amines is 1. The molecule has 0 aliphatic heterocycles. The van der Waals surface area contributed by atoms with Gasteiger partial charge in [0.05, 0.1) is 0 Å². The topological polar surface area (TPSA) is 58.5 Å². The Morgan fingerprint density at radius 1 is 1.00 bits per heavy atom. The third-order valence-electron chi connectivity index (χ3n) is 4.37. The van der Waals surface area contributed by atoms with Crippen molar-refractivity contribution >= 4 is 10.9 Å². The first-order chi connectivity index (χ1) is 12.3. The number of hydrogen-bond donors (Lipinski definition) is 2. The van der Waals surface area contributed by atoms with Crippen molar-refractivity contribution in [2.45, 2.75) is 13.0 Å². The highest BCUT2D eigenvalue weighted by atomic mass is 15.5. The highest BCUT2D eigenvalue weighted by Crippen LogP contribution is 2.20. The molecule has 2 N–H and O–H groups in total. The molecular weight excluding hydrogens is 310 g/mol. The minimum absolute atomic E-state index is 0.709. The van der Waals surface area contributed by atoms with Crippen LogP contribution in [-0.2, 0) is 20.0 Å². The fourth-order valence-electron chi connectivity index (χ4n) is 3.15. The first-order valence-corrected chi connectivity index (χ1v) is 8.52. The van der Waals surface area contributed by atoms with Gasteiger partial charge in [-0.25, -0.2) is 0 Å². The van der Waals surface area contributed by atoms with E-state index in [0.717, 1.165) is 29.9 Å². The normalized spacial score (nSPS) is 11.2. The zero-order chi connectivity index (χ0) is 17.1. The zero-order valence-corrected chi connectivity index (χ0v) is 14.2. The summed E-state index contributed by atoms with van der Waals surface area (Å²) in [5, 5.41) is 13.8. The van der Waals surface area contributed by atoms with Crippen molar-refractivity contribution in [3.63, 3.8) is 0 Å². The molecule has 2 aromatic carbocycles. The Kier molecular flexibility index (Phi) is 4.31. The fourth-order valence-corrected chi connectivity index (χ4v) is 3.15. The molecule has 0 aliphatic carbocycles. The van der Waals surface area contributed by atoms with Crippen molar-refractivity contribution in [1.82, 2.24) is 25.3 Å². The summed E-state index contributed by atoms with van der Waals surface area (Å²) >= 11 is 0. The van der Waals surface area contributed by atoms with Crippen molar-refractivity contribution in [2.75, 3.05) is 6.54 Å². The van der Waals surface area contributed by atoms with Crippen LogP contribution in [0.5, 0.6) is 0 Å². The van der Waals surface area contributed by atoms with Gasteiger partial charge in [0, 0.05) is 36.3 Å². The van der Waals surface area contributed by atoms with Crippen molar-refractivity contribution in [1.29, 1.82) is 0 Å². The smallest absolute Gasteiger partial charge is 0.117 e. The summed E-state index contributed by atoms with van der Waals surface area (Å²) in [6.07, 6.45) is 3.08. The van der Waals surface area contributed by atoms with E-state index in [1.807, 2.05) is 25.2 Å². The minimum atomic E-state index is 0.709. The highest BCUT2D eigenvalue weighted by molar-refractivity contribution is 5.83. The molecule has 0 spiro atoms. The summed E-state index contributed by atoms with van der Waals surface area (Å²) in [4.78, 5) is 4.97. The third-order valence-corrected chi connectivity index (χ3v) is 4.37. The van der Waals surface area contributed by atoms with Crippen LogP contribution < -0.4 is 5.32 Å². The monoisotopic (exact) mass is 331 g/mol. The van der Waals surface area contributed by atoms with Crippen LogP contribution >= 0.6 is 0 Å². The lowest BCUT2D eigenvalue weighted by atomic mass is 10.1. The molecule has 0 radical (unpaired) electrons. The number of aromatic nitrogens is 4. The van der Waals surface area contributed by atoms with E-state index in [4.69, 9.17) is 0 Å². The largest absolute Gasteiger partial charge is 0.361 e. The number of hydrogen-bond acceptors (Lipinski definition) is 3. The molecule has 25 heavy (non-hydrogen) atoms. The molecule has 2 heterocycles. The Balaban J connectivity index is 1.41. The molecule has 2 aromatic heterocycles. The molecule has 0 unspecified atom stereocenters. The molecule has 0 fully saturated rings. The lowest BCUT2D eigenvalue weighted by Gasteiger charge is -2.04. The SMILES string of the molecule is Cn1nc(CNCCc2c[nH]c3ccccc23)c(-c2ccccc2)n1. The predicted octanol–water partition coefficient (Wildman–Crippen LogP) is 3.30. The number of nitrogens with zero attached hydrogens (tertiary/aromatic N) is 3. The molecule has 0 saturated carbocycles. The summed E-state index contributed by atoms with van der Waals surface area (Å²) in [6, 6.07) is 18.6. The number of fused-ring (bicyclic) bond motifs is 1. The van der Waals surface area contributed by atoms with Crippen LogP contribution in [-0.4, -0.2) is 26.5 Å². The van der Waals surface area contributed by atoms with E-state index in [1.54, 1.807) is 4.80 Å². The van der Waals surface area contributed by atoms with Gasteiger partial charge in [0.2, 0.25) is 0 Å². The zero-order valence-electron chi connectivity index (χ0n) is 14.2. The van der Waals surface area contributed by atoms with Gasteiger partial charge in [0.15, 0.2) is 0 Å². The molecule has 0 atom stereocenters. The van der Waals surface area contributed by atoms with Crippen molar-refractivity contribution < 1.29 is 0 Å². The maximum atomic E-state index is 4.51. The molecule has 0 amide bonds. The van der Waals surface area contributed by atoms with Crippen LogP contribution in [0, 0.1) is 0 Å². The Morgan fingerprint density at radius 3 is 2.68 bits per heavy atom. The molecule has 4 aromatic rings. The van der Waals surface area contributed by atoms with E-state index in [-0.39, 0.29) is 0 Å². The Hall–Kier alpha value is -2.92. The molecule has 5 heteroatoms. The van der Waals surface area contributed by atoms with Gasteiger partial charge in [-0.2, -0.15) is 15.0 Å². The summed E-state index contributed by atoms with van der Waals surface area (Å²) in [7, 11) is 1.86. The van der Waals surface area contributed by atoms with E-state index >= 15 is 0 Å². The Labute approximate surface area is 146 Å². The van der Waals surface area contributed by atoms with Crippen LogP contribution in [0.1, 0.15) is 11.3 Å². The molecule has 126 valence electrons. The van der Waals surface area contributed by atoms with Gasteiger partial charge in [0.1, 0.15) is 11.4 Å². The maximum Gasteiger partial charge on any atom is 0.117 e. The number of aryl methyl sites for hydroxylation is 1. The maximum absolute atomic E-state index is 4.51. The van der Waals surface area contributed by atoms with Crippen LogP contribution in [0.3, 0.4) is 0 Å². The summed E-state index contributed by atoms with van der Waals surface area (Å²) in [6.45, 7) is 1.60. The lowest BCUT2D eigenvalue weighted by Crippen LogP contribution is -2.17. The number of H-pyrrole nitrogens is 1. The summed E-state index contributed by atoms with van der Waals surface area (Å²) in [5.74, 6) is 0. The average Bonchev–Trinajstić information content (AvgIpc) is 3.23. The van der Waals surface area contributed by atoms with Crippen molar-refractivity contribution in [3.05, 3.63) is 72.1 Å². The van der Waals surface area contributed by atoms with Crippen molar-refractivity contribution in [3.8, 4) is 11.3 Å². The number of para-hydroxylation sites is 1. The number of benzene rings is 2. The van der Waals surface area contributed by atoms with Crippen LogP contribution in [0.15, 0.2) is 60.8 Å². The highest BCUT2D eigenvalue weighted by Gasteiger charge is 2.11. The first-order valence-electron chi connectivity index (χ1n) is 8.52. The van der Waals surface area contributed by atoms with Gasteiger partial charge in [-0.05, 0) is 24.6 Å². The number of nitrogens with one attached hydrogen (secondary N) is 2. The summed E-state index contributed by atoms with van der Waals surface area (Å²) < 4.78 is 0. The standard InChI is InChI=1S/C20H21N5/c1-25-23-19(20(24-25)15-7-3-2-4-8-15)14-21-12-11-16-13-22-18-10-6-5-9-17(16)18/h2-10,13,21-22H,11-12,14H2,1H3. The average molecular weight is 331 g/mol. The predicted molar refractivity (Wildman–Crippen MR) is 100 cm³/mol. The van der Waals surface area contributed by atoms with Crippen LogP contribution in [0.4, 0.5) is 0 Å². The lowest BCUT2D eigenvalue weighted by molar-refractivity contribution is 0.623. The van der Waals surface area contributed by atoms with Gasteiger partial charge in [-0.3, -0.25) is 0 Å². The quantitative estimate of drug-likeness (QED) is 0.533. The van der Waals surface area contributed by atoms with Gasteiger partial charge >= 0.3 is 0 Å². The number of rotatable bonds is 6. The van der Waals surface area contributed by atoms with E-state index in [0.29, 0.717) is 6.54 Å². The Morgan fingerprint density at radius 2 is 1.80 bits per heavy atom. The van der Waals surface area contributed by atoms with Gasteiger partial charge in [-0.15, -0.1) is 0 Å². The second kappa shape index (κ2) is 6.91. The fraction of sp³-hybridized carbons (Fsp3) is 0.200. The van der Waals surface area contributed by atoms with E-state index < -0.39 is 0 Å². The van der Waals surface area contributed by atoms with Crippen LogP contribution in [0.2, 0.25) is 0 Å². The first kappa shape index (κ1) is 15.6. The third kappa shape index (κ3) is 3.32. The molecule has 5 nitrogen and oxygen atoms in total. The molecule has 4 rings (SSSR count). The second-order valence-electron chi connectivity index (χ2n) is 6.14. The molecular formula is C20H21N5. The molecule has 0 saturated heterocycles. The minimum Gasteiger partial charge on any atom is -0.361 e. The van der Waals surface area contributed by atoms with Gasteiger partial charge < -0.3 is 10.3 Å². The summed E-state index contributed by atoms with van der Waals surface area (Å²) in [5.41, 5.74) is 5.56.